The van der Waals surface area contributed by atoms with Crippen LogP contribution in [-0.2, 0) is 0 Å². The monoisotopic (exact) mass is 665 g/mol. The van der Waals surface area contributed by atoms with Crippen LogP contribution in [-0.4, -0.2) is 8.07 Å². The van der Waals surface area contributed by atoms with Crippen LogP contribution in [0.4, 0.5) is 0 Å². The molecule has 1 heteroatoms. The van der Waals surface area contributed by atoms with Crippen LogP contribution in [0.5, 0.6) is 0 Å². The molecule has 6 aliphatic carbocycles. The van der Waals surface area contributed by atoms with Crippen LogP contribution >= 0.6 is 0 Å². The molecule has 47 heavy (non-hydrogen) atoms. The Morgan fingerprint density at radius 2 is 0.915 bits per heavy atom. The summed E-state index contributed by atoms with van der Waals surface area (Å²) in [6.45, 7) is 28.8. The highest BCUT2D eigenvalue weighted by atomic mass is 28.3. The highest BCUT2D eigenvalue weighted by Crippen LogP contribution is 2.70. The molecule has 0 heterocycles. The van der Waals surface area contributed by atoms with Crippen LogP contribution in [0.15, 0.2) is 0 Å². The lowest BCUT2D eigenvalue weighted by Crippen LogP contribution is -2.52. The Hall–Kier alpha value is 0.217. The summed E-state index contributed by atoms with van der Waals surface area (Å²) in [7, 11) is -1.51. The minimum Gasteiger partial charge on any atom is -0.0678 e. The second-order valence-corrected chi connectivity index (χ2v) is 27.4. The summed E-state index contributed by atoms with van der Waals surface area (Å²) >= 11 is 0. The van der Waals surface area contributed by atoms with Crippen LogP contribution < -0.4 is 0 Å². The summed E-state index contributed by atoms with van der Waals surface area (Å²) in [5.74, 6) is 13.4. The van der Waals surface area contributed by atoms with Crippen molar-refractivity contribution in [2.24, 2.45) is 87.8 Å². The van der Waals surface area contributed by atoms with Crippen molar-refractivity contribution in [2.45, 2.75) is 202 Å². The van der Waals surface area contributed by atoms with Gasteiger partial charge in [0.05, 0.1) is 8.07 Å². The summed E-state index contributed by atoms with van der Waals surface area (Å²) in [6, 6.07) is 3.20. The lowest BCUT2D eigenvalue weighted by Gasteiger charge is -2.53. The predicted molar refractivity (Wildman–Crippen MR) is 209 cm³/mol. The third-order valence-corrected chi connectivity index (χ3v) is 25.4. The molecule has 6 aliphatic rings. The predicted octanol–water partition coefficient (Wildman–Crippen LogP) is 14.7. The molecule has 0 aromatic rings. The van der Waals surface area contributed by atoms with Crippen LogP contribution in [0.3, 0.4) is 0 Å². The average molecular weight is 665 g/mol. The molecule has 0 nitrogen and oxygen atoms in total. The van der Waals surface area contributed by atoms with E-state index in [0.717, 1.165) is 88.0 Å². The summed E-state index contributed by atoms with van der Waals surface area (Å²) < 4.78 is 0. The third kappa shape index (κ3) is 6.93. The van der Waals surface area contributed by atoms with Crippen LogP contribution in [0.1, 0.15) is 179 Å². The Morgan fingerprint density at radius 3 is 1.32 bits per heavy atom. The van der Waals surface area contributed by atoms with Crippen molar-refractivity contribution < 1.29 is 0 Å². The Balaban J connectivity index is 1.24. The Bertz CT molecular complexity index is 991. The molecular weight excluding hydrogens is 581 g/mol. The number of rotatable bonds is 7. The van der Waals surface area contributed by atoms with Gasteiger partial charge in [0.25, 0.3) is 0 Å². The first-order valence-electron chi connectivity index (χ1n) is 22.2. The molecule has 0 aliphatic heterocycles. The summed E-state index contributed by atoms with van der Waals surface area (Å²) in [4.78, 5) is 0. The molecule has 0 amide bonds. The van der Waals surface area contributed by atoms with Crippen molar-refractivity contribution in [2.75, 3.05) is 0 Å². The largest absolute Gasteiger partial charge is 0.0678 e. The zero-order valence-corrected chi connectivity index (χ0v) is 34.9. The molecule has 0 saturated heterocycles. The molecule has 0 N–H and O–H groups in total. The van der Waals surface area contributed by atoms with E-state index in [2.05, 4.69) is 76.2 Å². The van der Waals surface area contributed by atoms with Gasteiger partial charge >= 0.3 is 0 Å². The van der Waals surface area contributed by atoms with E-state index in [1.807, 2.05) is 0 Å². The second kappa shape index (κ2) is 14.3. The van der Waals surface area contributed by atoms with Gasteiger partial charge in [-0.2, -0.15) is 0 Å². The van der Waals surface area contributed by atoms with E-state index in [1.54, 1.807) is 89.1 Å². The van der Waals surface area contributed by atoms with E-state index < -0.39 is 8.07 Å². The van der Waals surface area contributed by atoms with E-state index >= 15 is 0 Å². The molecule has 0 radical (unpaired) electrons. The smallest absolute Gasteiger partial charge is 0.0603 e. The minimum absolute atomic E-state index is 0.508. The fraction of sp³-hybridized carbons (Fsp3) is 1.00. The zero-order valence-electron chi connectivity index (χ0n) is 33.9. The standard InChI is InChI=1S/C46H84Si/c1-12-47(13-2,43-31(5)28-41-36(16-14-18-38(41)43)32-20-24-34(25-21-32)45(6,7)8)44-39-19-15-17-37(42(39)29-40(44)30(3)4)33-22-26-35(27-23-33)46(9,10)11/h30-44H,12-29H2,1-11H3. The van der Waals surface area contributed by atoms with Gasteiger partial charge in [0.15, 0.2) is 0 Å². The molecule has 0 aromatic carbocycles. The number of hydrogen-bond acceptors (Lipinski definition) is 0. The normalized spacial score (nSPS) is 45.2. The zero-order chi connectivity index (χ0) is 33.9. The molecule has 272 valence electrons. The maximum Gasteiger partial charge on any atom is 0.0603 e. The van der Waals surface area contributed by atoms with Gasteiger partial charge in [-0.05, 0) is 176 Å². The average Bonchev–Trinajstić information content (AvgIpc) is 3.60. The molecule has 0 aromatic heterocycles. The van der Waals surface area contributed by atoms with Crippen molar-refractivity contribution >= 4 is 8.07 Å². The molecule has 6 saturated carbocycles. The van der Waals surface area contributed by atoms with Gasteiger partial charge in [0.2, 0.25) is 0 Å². The van der Waals surface area contributed by atoms with Gasteiger partial charge in [-0.3, -0.25) is 0 Å². The van der Waals surface area contributed by atoms with Crippen LogP contribution in [0.2, 0.25) is 23.2 Å². The van der Waals surface area contributed by atoms with Gasteiger partial charge in [-0.1, -0.05) is 114 Å². The first-order chi connectivity index (χ1) is 22.2. The van der Waals surface area contributed by atoms with Gasteiger partial charge in [-0.15, -0.1) is 0 Å². The fourth-order valence-electron chi connectivity index (χ4n) is 16.0. The lowest BCUT2D eigenvalue weighted by molar-refractivity contribution is 0.0618. The van der Waals surface area contributed by atoms with E-state index in [-0.39, 0.29) is 0 Å². The van der Waals surface area contributed by atoms with Crippen molar-refractivity contribution in [1.29, 1.82) is 0 Å². The summed E-state index contributed by atoms with van der Waals surface area (Å²) in [5, 5.41) is 0. The second-order valence-electron chi connectivity index (χ2n) is 22.1. The first kappa shape index (κ1) is 37.0. The molecule has 6 fully saturated rings. The van der Waals surface area contributed by atoms with Crippen LogP contribution in [0, 0.1) is 87.8 Å². The Kier molecular flexibility index (Phi) is 11.3. The SMILES string of the molecule is CC[Si](CC)(C1C(C)CC2C(C3CCC(C(C)(C)C)CC3)CCCC21)C1C(C(C)C)CC2C(C3CCC(C(C)(C)C)CC3)CCCC21. The Labute approximate surface area is 297 Å². The number of fused-ring (bicyclic) bond motifs is 2. The molecule has 10 atom stereocenters. The van der Waals surface area contributed by atoms with Crippen molar-refractivity contribution in [3.63, 3.8) is 0 Å². The van der Waals surface area contributed by atoms with Gasteiger partial charge < -0.3 is 0 Å². The quantitative estimate of drug-likeness (QED) is 0.238. The maximum absolute atomic E-state index is 2.82. The molecule has 10 unspecified atom stereocenters. The third-order valence-electron chi connectivity index (χ3n) is 18.2. The topological polar surface area (TPSA) is 0 Å². The van der Waals surface area contributed by atoms with Gasteiger partial charge in [0, 0.05) is 0 Å². The molecule has 0 spiro atoms. The lowest BCUT2D eigenvalue weighted by atomic mass is 9.61. The van der Waals surface area contributed by atoms with Gasteiger partial charge in [-0.25, -0.2) is 0 Å². The summed E-state index contributed by atoms with van der Waals surface area (Å²) in [6.07, 6.45) is 25.0. The highest BCUT2D eigenvalue weighted by Gasteiger charge is 2.63. The Morgan fingerprint density at radius 1 is 0.511 bits per heavy atom. The summed E-state index contributed by atoms with van der Waals surface area (Å²) in [5.41, 5.74) is 3.28. The molecule has 0 bridgehead atoms. The van der Waals surface area contributed by atoms with Crippen molar-refractivity contribution in [3.05, 3.63) is 0 Å². The first-order valence-corrected chi connectivity index (χ1v) is 24.8. The van der Waals surface area contributed by atoms with E-state index in [0.29, 0.717) is 10.8 Å². The van der Waals surface area contributed by atoms with E-state index in [4.69, 9.17) is 0 Å². The molecule has 6 rings (SSSR count). The van der Waals surface area contributed by atoms with Crippen LogP contribution in [0.25, 0.3) is 0 Å². The van der Waals surface area contributed by atoms with Crippen molar-refractivity contribution in [1.82, 2.24) is 0 Å². The molecular formula is C46H84Si. The fourth-order valence-corrected chi connectivity index (χ4v) is 24.0. The highest BCUT2D eigenvalue weighted by molar-refractivity contribution is 6.82. The minimum atomic E-state index is -1.51. The van der Waals surface area contributed by atoms with E-state index in [9.17, 15) is 0 Å². The van der Waals surface area contributed by atoms with Crippen molar-refractivity contribution in [3.8, 4) is 0 Å². The maximum atomic E-state index is 2.82. The van der Waals surface area contributed by atoms with Gasteiger partial charge in [0.1, 0.15) is 0 Å². The van der Waals surface area contributed by atoms with E-state index in [1.165, 1.54) is 25.7 Å². The number of hydrogen-bond donors (Lipinski definition) is 0.